The first kappa shape index (κ1) is 17.9. The number of fused-ring (bicyclic) bond motifs is 1. The van der Waals surface area contributed by atoms with Crippen LogP contribution in [0.15, 0.2) is 99.7 Å². The van der Waals surface area contributed by atoms with Crippen molar-refractivity contribution in [3.05, 3.63) is 101 Å². The summed E-state index contributed by atoms with van der Waals surface area (Å²) < 4.78 is 6.12. The van der Waals surface area contributed by atoms with Gasteiger partial charge in [0.1, 0.15) is 11.3 Å². The summed E-state index contributed by atoms with van der Waals surface area (Å²) in [6, 6.07) is 27.6. The highest BCUT2D eigenvalue weighted by molar-refractivity contribution is 7.13. The van der Waals surface area contributed by atoms with Crippen LogP contribution in [-0.2, 0) is 0 Å². The molecule has 140 valence electrons. The predicted octanol–water partition coefficient (Wildman–Crippen LogP) is 7.11. The summed E-state index contributed by atoms with van der Waals surface area (Å²) in [6.07, 6.45) is 0. The Morgan fingerprint density at radius 1 is 0.828 bits per heavy atom. The molecule has 3 nitrogen and oxygen atoms in total. The van der Waals surface area contributed by atoms with E-state index in [4.69, 9.17) is 26.0 Å². The molecule has 0 aliphatic heterocycles. The molecule has 0 aliphatic rings. The molecule has 3 aromatic carbocycles. The van der Waals surface area contributed by atoms with E-state index >= 15 is 0 Å². The molecule has 29 heavy (non-hydrogen) atoms. The van der Waals surface area contributed by atoms with E-state index in [9.17, 15) is 0 Å². The zero-order valence-corrected chi connectivity index (χ0v) is 16.8. The first-order valence-electron chi connectivity index (χ1n) is 9.11. The van der Waals surface area contributed by atoms with E-state index in [1.807, 2.05) is 90.3 Å². The van der Waals surface area contributed by atoms with Gasteiger partial charge >= 0.3 is 0 Å². The maximum Gasteiger partial charge on any atom is 0.210 e. The summed E-state index contributed by atoms with van der Waals surface area (Å²) in [5.41, 5.74) is 3.71. The van der Waals surface area contributed by atoms with Gasteiger partial charge in [-0.05, 0) is 18.2 Å². The molecule has 2 aromatic heterocycles. The predicted molar refractivity (Wildman–Crippen MR) is 119 cm³/mol. The fourth-order valence-corrected chi connectivity index (χ4v) is 4.02. The van der Waals surface area contributed by atoms with E-state index < -0.39 is 0 Å². The van der Waals surface area contributed by atoms with Crippen molar-refractivity contribution in [1.82, 2.24) is 4.98 Å². The second-order valence-electron chi connectivity index (χ2n) is 6.50. The van der Waals surface area contributed by atoms with Gasteiger partial charge in [0.2, 0.25) is 5.13 Å². The minimum atomic E-state index is 0.640. The lowest BCUT2D eigenvalue weighted by atomic mass is 10.1. The van der Waals surface area contributed by atoms with Gasteiger partial charge in [0, 0.05) is 33.0 Å². The number of benzene rings is 3. The molecule has 0 N–H and O–H groups in total. The van der Waals surface area contributed by atoms with Gasteiger partial charge in [-0.15, -0.1) is 11.3 Å². The third kappa shape index (κ3) is 3.73. The Kier molecular flexibility index (Phi) is 4.72. The molecule has 0 radical (unpaired) electrons. The average Bonchev–Trinajstić information content (AvgIpc) is 3.24. The van der Waals surface area contributed by atoms with Crippen LogP contribution in [0.3, 0.4) is 0 Å². The zero-order valence-electron chi connectivity index (χ0n) is 15.2. The largest absolute Gasteiger partial charge is 0.456 e. The van der Waals surface area contributed by atoms with Crippen LogP contribution in [0.5, 0.6) is 0 Å². The number of hydrogen-bond acceptors (Lipinski definition) is 4. The minimum Gasteiger partial charge on any atom is -0.456 e. The third-order valence-corrected chi connectivity index (χ3v) is 5.51. The van der Waals surface area contributed by atoms with Crippen molar-refractivity contribution >= 4 is 39.0 Å². The van der Waals surface area contributed by atoms with E-state index in [1.165, 1.54) is 11.3 Å². The molecule has 5 rings (SSSR count). The molecule has 0 aliphatic carbocycles. The maximum atomic E-state index is 6.24. The van der Waals surface area contributed by atoms with Crippen molar-refractivity contribution in [2.24, 2.45) is 4.99 Å². The Labute approximate surface area is 176 Å². The summed E-state index contributed by atoms with van der Waals surface area (Å²) in [4.78, 5) is 9.53. The highest BCUT2D eigenvalue weighted by Crippen LogP contribution is 2.28. The number of hydrogen-bond donors (Lipinski definition) is 0. The summed E-state index contributed by atoms with van der Waals surface area (Å²) in [7, 11) is 0. The molecule has 0 amide bonds. The van der Waals surface area contributed by atoms with Crippen LogP contribution in [0.4, 0.5) is 5.13 Å². The number of thiazole rings is 1. The molecule has 0 fully saturated rings. The summed E-state index contributed by atoms with van der Waals surface area (Å²) in [6.45, 7) is 0. The Morgan fingerprint density at radius 2 is 1.55 bits per heavy atom. The van der Waals surface area contributed by atoms with Gasteiger partial charge in [-0.3, -0.25) is 0 Å². The fraction of sp³-hybridized carbons (Fsp3) is 0. The van der Waals surface area contributed by atoms with Gasteiger partial charge in [0.25, 0.3) is 0 Å². The van der Waals surface area contributed by atoms with E-state index in [1.54, 1.807) is 0 Å². The summed E-state index contributed by atoms with van der Waals surface area (Å²) in [5.74, 6) is 0.749. The molecule has 0 spiro atoms. The van der Waals surface area contributed by atoms with Crippen molar-refractivity contribution < 1.29 is 4.42 Å². The molecule has 0 atom stereocenters. The normalized spacial score (nSPS) is 11.8. The highest BCUT2D eigenvalue weighted by atomic mass is 35.5. The highest BCUT2D eigenvalue weighted by Gasteiger charge is 2.08. The van der Waals surface area contributed by atoms with Crippen molar-refractivity contribution in [3.63, 3.8) is 0 Å². The quantitative estimate of drug-likeness (QED) is 0.315. The van der Waals surface area contributed by atoms with Gasteiger partial charge in [-0.1, -0.05) is 72.3 Å². The van der Waals surface area contributed by atoms with E-state index in [0.717, 1.165) is 38.9 Å². The first-order chi connectivity index (χ1) is 14.3. The van der Waals surface area contributed by atoms with E-state index in [-0.39, 0.29) is 0 Å². The van der Waals surface area contributed by atoms with Crippen molar-refractivity contribution in [2.45, 2.75) is 0 Å². The van der Waals surface area contributed by atoms with Crippen LogP contribution in [0, 0.1) is 0 Å². The molecule has 2 heterocycles. The van der Waals surface area contributed by atoms with Gasteiger partial charge < -0.3 is 4.42 Å². The van der Waals surface area contributed by atoms with E-state index in [0.29, 0.717) is 10.2 Å². The molecule has 0 saturated heterocycles. The Balaban J connectivity index is 1.69. The lowest BCUT2D eigenvalue weighted by Gasteiger charge is -2.05. The zero-order chi connectivity index (χ0) is 19.6. The molecule has 0 bridgehead atoms. The topological polar surface area (TPSA) is 38.4 Å². The van der Waals surface area contributed by atoms with Crippen molar-refractivity contribution in [2.75, 3.05) is 0 Å². The smallest absolute Gasteiger partial charge is 0.210 e. The van der Waals surface area contributed by atoms with Gasteiger partial charge in [0.05, 0.1) is 11.1 Å². The molecule has 5 aromatic rings. The first-order valence-corrected chi connectivity index (χ1v) is 10.4. The summed E-state index contributed by atoms with van der Waals surface area (Å²) >= 11 is 7.75. The van der Waals surface area contributed by atoms with Crippen LogP contribution in [0.2, 0.25) is 5.02 Å². The molecular formula is C24H15ClN2OS. The Bertz CT molecular complexity index is 1360. The molecular weight excluding hydrogens is 400 g/mol. The number of aromatic nitrogens is 1. The maximum absolute atomic E-state index is 6.24. The fourth-order valence-electron chi connectivity index (χ4n) is 3.14. The van der Waals surface area contributed by atoms with Crippen LogP contribution in [0.25, 0.3) is 33.6 Å². The van der Waals surface area contributed by atoms with Gasteiger partial charge in [0.15, 0.2) is 0 Å². The number of nitrogens with zero attached hydrogens (tertiary/aromatic N) is 2. The van der Waals surface area contributed by atoms with Gasteiger partial charge in [-0.2, -0.15) is 0 Å². The standard InChI is InChI=1S/C24H15ClN2OS/c25-18-11-12-22-19(13-18)20(14-23(28-22)17-9-5-2-6-10-17)26-24-27-21(15-29-24)16-7-3-1-4-8-16/h1-15H/b26-20+. The Hall–Kier alpha value is -3.21. The van der Waals surface area contributed by atoms with Crippen molar-refractivity contribution in [1.29, 1.82) is 0 Å². The minimum absolute atomic E-state index is 0.640. The SMILES string of the molecule is Clc1ccc2oc(-c3ccccc3)c/c(=N\c3nc(-c4ccccc4)cs3)c2c1. The monoisotopic (exact) mass is 414 g/mol. The van der Waals surface area contributed by atoms with Crippen LogP contribution >= 0.6 is 22.9 Å². The third-order valence-electron chi connectivity index (χ3n) is 4.54. The van der Waals surface area contributed by atoms with E-state index in [2.05, 4.69) is 0 Å². The molecule has 5 heteroatoms. The number of rotatable bonds is 3. The molecule has 0 unspecified atom stereocenters. The molecule has 0 saturated carbocycles. The van der Waals surface area contributed by atoms with Crippen LogP contribution in [0.1, 0.15) is 0 Å². The average molecular weight is 415 g/mol. The second-order valence-corrected chi connectivity index (χ2v) is 7.77. The van der Waals surface area contributed by atoms with Gasteiger partial charge in [-0.25, -0.2) is 9.98 Å². The van der Waals surface area contributed by atoms with Crippen LogP contribution in [-0.4, -0.2) is 4.98 Å². The van der Waals surface area contributed by atoms with Crippen molar-refractivity contribution in [3.8, 4) is 22.6 Å². The summed E-state index contributed by atoms with van der Waals surface area (Å²) in [5, 5.41) is 4.99. The number of halogens is 1. The lowest BCUT2D eigenvalue weighted by Crippen LogP contribution is -2.03. The van der Waals surface area contributed by atoms with Crippen LogP contribution < -0.4 is 5.36 Å². The second kappa shape index (κ2) is 7.66. The Morgan fingerprint density at radius 3 is 2.31 bits per heavy atom. The lowest BCUT2D eigenvalue weighted by molar-refractivity contribution is 0.618.